The monoisotopic (exact) mass is 626 g/mol. The van der Waals surface area contributed by atoms with Gasteiger partial charge in [-0.05, 0) is 31.3 Å². The molecule has 3 rings (SSSR count). The van der Waals surface area contributed by atoms with Crippen molar-refractivity contribution in [3.05, 3.63) is 34.6 Å². The molecule has 1 aromatic carbocycles. The molecule has 17 heteroatoms. The number of amides is 4. The lowest BCUT2D eigenvalue weighted by atomic mass is 10.0. The van der Waals surface area contributed by atoms with Crippen LogP contribution in [-0.2, 0) is 19.1 Å². The van der Waals surface area contributed by atoms with E-state index in [0.717, 1.165) is 12.2 Å². The van der Waals surface area contributed by atoms with Crippen LogP contribution in [0.2, 0.25) is 0 Å². The van der Waals surface area contributed by atoms with Crippen molar-refractivity contribution in [3.8, 4) is 0 Å². The van der Waals surface area contributed by atoms with E-state index in [4.69, 9.17) is 0 Å². The van der Waals surface area contributed by atoms with Crippen LogP contribution in [0.3, 0.4) is 0 Å². The number of urea groups is 1. The van der Waals surface area contributed by atoms with Crippen LogP contribution in [0.5, 0.6) is 0 Å². The van der Waals surface area contributed by atoms with Crippen molar-refractivity contribution in [1.82, 2.24) is 21.3 Å². The first-order chi connectivity index (χ1) is 19.4. The number of hydrogen-bond donors (Lipinski definition) is 4. The minimum absolute atomic E-state index is 0.0326. The summed E-state index contributed by atoms with van der Waals surface area (Å²) < 4.78 is 72.9. The molecule has 0 aliphatic carbocycles. The average Bonchev–Trinajstić information content (AvgIpc) is 3.48. The summed E-state index contributed by atoms with van der Waals surface area (Å²) in [4.78, 5) is 60.3. The van der Waals surface area contributed by atoms with Crippen molar-refractivity contribution in [2.24, 2.45) is 0 Å². The van der Waals surface area contributed by atoms with Crippen molar-refractivity contribution in [1.29, 1.82) is 0 Å². The first-order valence-corrected chi connectivity index (χ1v) is 14.9. The number of unbranched alkanes of at least 4 members (excludes halogenated alkanes) is 1. The van der Waals surface area contributed by atoms with Crippen molar-refractivity contribution in [2.45, 2.75) is 55.5 Å². The maximum absolute atomic E-state index is 14.0. The van der Waals surface area contributed by atoms with Crippen LogP contribution in [0, 0.1) is 29.1 Å². The minimum atomic E-state index is -2.44. The van der Waals surface area contributed by atoms with Gasteiger partial charge in [-0.1, -0.05) is 6.42 Å². The summed E-state index contributed by atoms with van der Waals surface area (Å²) in [6.07, 6.45) is 3.29. The largest absolute Gasteiger partial charge is 0.392 e. The predicted molar refractivity (Wildman–Crippen MR) is 139 cm³/mol. The second kappa shape index (κ2) is 14.7. The Morgan fingerprint density at radius 3 is 2.32 bits per heavy atom. The maximum atomic E-state index is 14.0. The molecule has 4 amide bonds. The highest BCUT2D eigenvalue weighted by Gasteiger charge is 2.42. The third-order valence-electron chi connectivity index (χ3n) is 6.36. The zero-order chi connectivity index (χ0) is 30.3. The number of esters is 2. The number of carbonyl (C=O) groups excluding carboxylic acids is 5. The first-order valence-electron chi connectivity index (χ1n) is 12.5. The van der Waals surface area contributed by atoms with E-state index in [1.54, 1.807) is 18.0 Å². The number of hydrogen-bond acceptors (Lipinski definition) is 8. The summed E-state index contributed by atoms with van der Waals surface area (Å²) >= 11 is 2.96. The van der Waals surface area contributed by atoms with E-state index in [9.17, 15) is 45.9 Å². The molecule has 2 fully saturated rings. The molecule has 2 heterocycles. The Morgan fingerprint density at radius 2 is 1.66 bits per heavy atom. The molecule has 4 N–H and O–H groups in total. The Kier molecular flexibility index (Phi) is 11.6. The summed E-state index contributed by atoms with van der Waals surface area (Å²) in [6, 6.07) is -1.59. The van der Waals surface area contributed by atoms with Crippen LogP contribution in [0.1, 0.15) is 42.5 Å². The normalized spacial score (nSPS) is 20.0. The molecule has 41 heavy (non-hydrogen) atoms. The molecule has 226 valence electrons. The number of carbonyl (C=O) groups is 5. The number of nitrogens with one attached hydrogen (secondary N) is 4. The van der Waals surface area contributed by atoms with Gasteiger partial charge < -0.3 is 26.0 Å². The molecule has 0 saturated carbocycles. The van der Waals surface area contributed by atoms with Crippen molar-refractivity contribution in [2.75, 3.05) is 24.3 Å². The van der Waals surface area contributed by atoms with Crippen LogP contribution in [0.25, 0.3) is 0 Å². The van der Waals surface area contributed by atoms with E-state index in [1.807, 2.05) is 5.32 Å². The Bertz CT molecular complexity index is 1180. The molecule has 0 spiro atoms. The van der Waals surface area contributed by atoms with Gasteiger partial charge in [0, 0.05) is 17.4 Å². The molecule has 1 aromatic rings. The molecule has 4 atom stereocenters. The van der Waals surface area contributed by atoms with Gasteiger partial charge in [-0.15, -0.1) is 0 Å². The quantitative estimate of drug-likeness (QED) is 0.0497. The second-order valence-electron chi connectivity index (χ2n) is 9.18. The lowest BCUT2D eigenvalue weighted by Crippen LogP contribution is -2.48. The van der Waals surface area contributed by atoms with Gasteiger partial charge in [0.25, 0.3) is 5.91 Å². The van der Waals surface area contributed by atoms with E-state index in [2.05, 4.69) is 20.7 Å². The van der Waals surface area contributed by atoms with E-state index in [-0.39, 0.29) is 42.0 Å². The van der Waals surface area contributed by atoms with Gasteiger partial charge in [0.1, 0.15) is 18.2 Å². The smallest absolute Gasteiger partial charge is 0.333 e. The van der Waals surface area contributed by atoms with Crippen molar-refractivity contribution in [3.63, 3.8) is 0 Å². The second-order valence-corrected chi connectivity index (χ2v) is 11.4. The number of rotatable bonds is 13. The van der Waals surface area contributed by atoms with E-state index >= 15 is 0 Å². The van der Waals surface area contributed by atoms with E-state index < -0.39 is 71.0 Å². The van der Waals surface area contributed by atoms with Crippen LogP contribution in [0.15, 0.2) is 0 Å². The lowest BCUT2D eigenvalue weighted by Gasteiger charge is -2.18. The highest BCUT2D eigenvalue weighted by molar-refractivity contribution is 8.00. The van der Waals surface area contributed by atoms with Crippen molar-refractivity contribution < 1.29 is 50.7 Å². The number of fused-ring (bicyclic) bond motifs is 1. The molecule has 0 radical (unpaired) electrons. The van der Waals surface area contributed by atoms with E-state index in [0.29, 0.717) is 12.8 Å². The standard InChI is InChI=1S/C24H27F5N4O6S2/c1-40-7-6-10(31-23(37)15-16(25)18(27)20(29)19(28)17(15)26)22(36)30-8-14(35)39-13(34)5-3-2-4-12-21-11(9-41-12)32-24(38)33-21/h10-12,21H,2-9H2,1H3,(H,30,36)(H,31,37)(H2,32,33,38)/t10-,11-,12-,21-/m0/s1. The van der Waals surface area contributed by atoms with Gasteiger partial charge in [0.05, 0.1) is 12.1 Å². The predicted octanol–water partition coefficient (Wildman–Crippen LogP) is 2.15. The Labute approximate surface area is 239 Å². The van der Waals surface area contributed by atoms with Gasteiger partial charge in [0.2, 0.25) is 11.7 Å². The zero-order valence-electron chi connectivity index (χ0n) is 21.6. The number of benzene rings is 1. The summed E-state index contributed by atoms with van der Waals surface area (Å²) in [5, 5.41) is 9.94. The van der Waals surface area contributed by atoms with Gasteiger partial charge in [-0.3, -0.25) is 14.4 Å². The highest BCUT2D eigenvalue weighted by Crippen LogP contribution is 2.33. The summed E-state index contributed by atoms with van der Waals surface area (Å²) in [6.45, 7) is -0.785. The fraction of sp³-hybridized carbons (Fsp3) is 0.542. The third-order valence-corrected chi connectivity index (χ3v) is 8.51. The van der Waals surface area contributed by atoms with E-state index in [1.165, 1.54) is 11.8 Å². The maximum Gasteiger partial charge on any atom is 0.333 e. The molecule has 0 aromatic heterocycles. The van der Waals surface area contributed by atoms with Crippen molar-refractivity contribution >= 4 is 53.3 Å². The van der Waals surface area contributed by atoms with Gasteiger partial charge >= 0.3 is 18.0 Å². The van der Waals surface area contributed by atoms with Crippen LogP contribution in [0.4, 0.5) is 26.7 Å². The molecule has 2 saturated heterocycles. The summed E-state index contributed by atoms with van der Waals surface area (Å²) in [7, 11) is 0. The van der Waals surface area contributed by atoms with Crippen LogP contribution < -0.4 is 21.3 Å². The van der Waals surface area contributed by atoms with Gasteiger partial charge in [-0.2, -0.15) is 23.5 Å². The number of ether oxygens (including phenoxy) is 1. The van der Waals surface area contributed by atoms with Crippen LogP contribution in [-0.4, -0.2) is 77.5 Å². The molecule has 2 aliphatic heterocycles. The van der Waals surface area contributed by atoms with Gasteiger partial charge in [0.15, 0.2) is 23.3 Å². The molecule has 0 unspecified atom stereocenters. The number of halogens is 5. The molecule has 10 nitrogen and oxygen atoms in total. The first kappa shape index (κ1) is 32.4. The highest BCUT2D eigenvalue weighted by atomic mass is 32.2. The number of thioether (sulfide) groups is 2. The fourth-order valence-corrected chi connectivity index (χ4v) is 6.31. The minimum Gasteiger partial charge on any atom is -0.392 e. The molecular formula is C24H27F5N4O6S2. The third kappa shape index (κ3) is 8.24. The summed E-state index contributed by atoms with van der Waals surface area (Å²) in [5.41, 5.74) is -1.76. The average molecular weight is 627 g/mol. The Balaban J connectivity index is 1.44. The van der Waals surface area contributed by atoms with Gasteiger partial charge in [-0.25, -0.2) is 31.5 Å². The van der Waals surface area contributed by atoms with Crippen LogP contribution >= 0.6 is 23.5 Å². The fourth-order valence-electron chi connectivity index (χ4n) is 4.29. The lowest BCUT2D eigenvalue weighted by molar-refractivity contribution is -0.159. The SMILES string of the molecule is CSCC[C@H](NC(=O)c1c(F)c(F)c(F)c(F)c1F)C(=O)NCC(=O)OC(=O)CCCC[C@@H]1SC[C@@H]2NC(=O)N[C@@H]21. The molecular weight excluding hydrogens is 599 g/mol. The zero-order valence-corrected chi connectivity index (χ0v) is 23.3. The molecule has 2 aliphatic rings. The Morgan fingerprint density at radius 1 is 1.00 bits per heavy atom. The molecule has 0 bridgehead atoms. The summed E-state index contributed by atoms with van der Waals surface area (Å²) in [5.74, 6) is -15.4. The Hall–Kier alpha value is -3.08. The topological polar surface area (TPSA) is 143 Å².